The van der Waals surface area contributed by atoms with Gasteiger partial charge in [-0.15, -0.1) is 0 Å². The number of hydrogen-bond acceptors (Lipinski definition) is 3. The molecule has 1 unspecified atom stereocenters. The maximum Gasteiger partial charge on any atom is 0.180 e. The third-order valence-electron chi connectivity index (χ3n) is 1.36. The van der Waals surface area contributed by atoms with Crippen molar-refractivity contribution in [2.24, 2.45) is 4.99 Å². The van der Waals surface area contributed by atoms with Crippen molar-refractivity contribution in [3.63, 3.8) is 0 Å². The van der Waals surface area contributed by atoms with Gasteiger partial charge in [-0.2, -0.15) is 0 Å². The molecule has 0 aromatic rings. The second-order valence-electron chi connectivity index (χ2n) is 4.27. The lowest BCUT2D eigenvalue weighted by Gasteiger charge is -2.21. The Balaban J connectivity index is 4.01. The fourth-order valence-corrected chi connectivity index (χ4v) is 1.12. The number of ether oxygens (including phenoxy) is 1. The van der Waals surface area contributed by atoms with Crippen LogP contribution in [0.2, 0.25) is 0 Å². The molecular weight excluding hydrogens is 164 g/mol. The minimum Gasteiger partial charge on any atom is -0.476 e. The Morgan fingerprint density at radius 1 is 1.46 bits per heavy atom. The molecule has 0 aromatic carbocycles. The van der Waals surface area contributed by atoms with Gasteiger partial charge in [0.05, 0.1) is 6.04 Å². The highest BCUT2D eigenvalue weighted by molar-refractivity contribution is 5.73. The highest BCUT2D eigenvalue weighted by atomic mass is 16.5. The minimum absolute atomic E-state index is 0.146. The molecule has 0 heterocycles. The summed E-state index contributed by atoms with van der Waals surface area (Å²) in [5.41, 5.74) is -0.146. The van der Waals surface area contributed by atoms with Gasteiger partial charge in [-0.3, -0.25) is 4.99 Å². The van der Waals surface area contributed by atoms with E-state index in [9.17, 15) is 0 Å². The molecule has 1 atom stereocenters. The van der Waals surface area contributed by atoms with E-state index in [0.717, 1.165) is 12.4 Å². The molecule has 1 N–H and O–H groups in total. The normalized spacial score (nSPS) is 15.7. The maximum absolute atomic E-state index is 5.58. The van der Waals surface area contributed by atoms with E-state index < -0.39 is 0 Å². The topological polar surface area (TPSA) is 33.6 Å². The summed E-state index contributed by atoms with van der Waals surface area (Å²) >= 11 is 0. The van der Waals surface area contributed by atoms with E-state index in [1.807, 2.05) is 34.7 Å². The van der Waals surface area contributed by atoms with Crippen LogP contribution in [0.1, 0.15) is 34.6 Å². The van der Waals surface area contributed by atoms with Crippen molar-refractivity contribution in [1.82, 2.24) is 5.32 Å². The third-order valence-corrected chi connectivity index (χ3v) is 1.36. The summed E-state index contributed by atoms with van der Waals surface area (Å²) in [5.74, 6) is 0.759. The van der Waals surface area contributed by atoms with Crippen molar-refractivity contribution in [2.75, 3.05) is 13.6 Å². The monoisotopic (exact) mass is 186 g/mol. The highest BCUT2D eigenvalue weighted by Crippen LogP contribution is 2.07. The van der Waals surface area contributed by atoms with Gasteiger partial charge in [-0.05, 0) is 34.7 Å². The van der Waals surface area contributed by atoms with E-state index in [1.54, 1.807) is 0 Å². The van der Waals surface area contributed by atoms with E-state index in [-0.39, 0.29) is 11.6 Å². The van der Waals surface area contributed by atoms with Crippen molar-refractivity contribution < 1.29 is 4.74 Å². The Labute approximate surface area is 81.6 Å². The molecule has 0 spiro atoms. The van der Waals surface area contributed by atoms with Gasteiger partial charge in [0.1, 0.15) is 5.60 Å². The van der Waals surface area contributed by atoms with Crippen molar-refractivity contribution >= 4 is 5.90 Å². The van der Waals surface area contributed by atoms with E-state index in [1.165, 1.54) is 0 Å². The van der Waals surface area contributed by atoms with Crippen molar-refractivity contribution in [1.29, 1.82) is 0 Å². The lowest BCUT2D eigenvalue weighted by Crippen LogP contribution is -2.25. The number of nitrogens with one attached hydrogen (secondary N) is 1. The predicted molar refractivity (Wildman–Crippen MR) is 57.3 cm³/mol. The quantitative estimate of drug-likeness (QED) is 0.539. The predicted octanol–water partition coefficient (Wildman–Crippen LogP) is 1.83. The first-order valence-electron chi connectivity index (χ1n) is 4.73. The summed E-state index contributed by atoms with van der Waals surface area (Å²) in [4.78, 5) is 4.38. The van der Waals surface area contributed by atoms with Crippen LogP contribution in [-0.4, -0.2) is 31.1 Å². The number of rotatable bonds is 3. The summed E-state index contributed by atoms with van der Waals surface area (Å²) < 4.78 is 5.58. The smallest absolute Gasteiger partial charge is 0.180 e. The fraction of sp³-hybridized carbons (Fsp3) is 0.900. The van der Waals surface area contributed by atoms with Crippen LogP contribution in [0.15, 0.2) is 4.99 Å². The fourth-order valence-electron chi connectivity index (χ4n) is 1.12. The second kappa shape index (κ2) is 5.22. The van der Waals surface area contributed by atoms with Gasteiger partial charge in [-0.25, -0.2) is 0 Å². The first-order valence-corrected chi connectivity index (χ1v) is 4.73. The van der Waals surface area contributed by atoms with E-state index in [4.69, 9.17) is 4.74 Å². The van der Waals surface area contributed by atoms with Gasteiger partial charge in [0.25, 0.3) is 0 Å². The Bertz CT molecular complexity index is 170. The van der Waals surface area contributed by atoms with Crippen LogP contribution in [0.25, 0.3) is 0 Å². The van der Waals surface area contributed by atoms with Crippen LogP contribution >= 0.6 is 0 Å². The van der Waals surface area contributed by atoms with Crippen LogP contribution in [-0.2, 0) is 4.74 Å². The molecule has 0 aliphatic rings. The molecule has 0 rings (SSSR count). The molecule has 0 radical (unpaired) electrons. The standard InChI is InChI=1S/C10H22N2O/c1-8(7-11-6)12-9(2)13-10(3,4)5/h8,11H,7H2,1-6H3. The summed E-state index contributed by atoms with van der Waals surface area (Å²) in [7, 11) is 1.92. The highest BCUT2D eigenvalue weighted by Gasteiger charge is 2.12. The lowest BCUT2D eigenvalue weighted by atomic mass is 10.2. The second-order valence-corrected chi connectivity index (χ2v) is 4.27. The Hall–Kier alpha value is -0.570. The average molecular weight is 186 g/mol. The summed E-state index contributed by atoms with van der Waals surface area (Å²) in [6.45, 7) is 10.9. The SMILES string of the molecule is CNCC(C)N=C(C)OC(C)(C)C. The third kappa shape index (κ3) is 7.78. The molecule has 0 aromatic heterocycles. The van der Waals surface area contributed by atoms with Gasteiger partial charge in [0.2, 0.25) is 0 Å². The van der Waals surface area contributed by atoms with Gasteiger partial charge in [-0.1, -0.05) is 0 Å². The van der Waals surface area contributed by atoms with Crippen LogP contribution in [0.5, 0.6) is 0 Å². The number of nitrogens with zero attached hydrogens (tertiary/aromatic N) is 1. The average Bonchev–Trinajstić information content (AvgIpc) is 1.81. The van der Waals surface area contributed by atoms with Gasteiger partial charge < -0.3 is 10.1 Å². The van der Waals surface area contributed by atoms with Gasteiger partial charge >= 0.3 is 0 Å². The largest absolute Gasteiger partial charge is 0.476 e. The molecule has 0 amide bonds. The molecule has 0 aliphatic carbocycles. The molecule has 0 fully saturated rings. The molecule has 78 valence electrons. The van der Waals surface area contributed by atoms with E-state index >= 15 is 0 Å². The lowest BCUT2D eigenvalue weighted by molar-refractivity contribution is 0.114. The number of hydrogen-bond donors (Lipinski definition) is 1. The van der Waals surface area contributed by atoms with Crippen molar-refractivity contribution in [3.8, 4) is 0 Å². The van der Waals surface area contributed by atoms with Gasteiger partial charge in [0.15, 0.2) is 5.90 Å². The zero-order valence-electron chi connectivity index (χ0n) is 9.64. The first kappa shape index (κ1) is 12.4. The molecule has 3 heteroatoms. The summed E-state index contributed by atoms with van der Waals surface area (Å²) in [6.07, 6.45) is 0. The molecule has 0 bridgehead atoms. The Morgan fingerprint density at radius 2 is 2.00 bits per heavy atom. The van der Waals surface area contributed by atoms with Crippen molar-refractivity contribution in [3.05, 3.63) is 0 Å². The number of likely N-dealkylation sites (N-methyl/N-ethyl adjacent to an activating group) is 1. The van der Waals surface area contributed by atoms with E-state index in [0.29, 0.717) is 0 Å². The zero-order valence-corrected chi connectivity index (χ0v) is 9.64. The van der Waals surface area contributed by atoms with Crippen LogP contribution in [0.3, 0.4) is 0 Å². The Morgan fingerprint density at radius 3 is 2.38 bits per heavy atom. The van der Waals surface area contributed by atoms with Gasteiger partial charge in [0, 0.05) is 13.5 Å². The van der Waals surface area contributed by atoms with E-state index in [2.05, 4.69) is 17.2 Å². The zero-order chi connectivity index (χ0) is 10.5. The Kier molecular flexibility index (Phi) is 4.99. The molecule has 0 saturated heterocycles. The molecule has 13 heavy (non-hydrogen) atoms. The molecule has 3 nitrogen and oxygen atoms in total. The molecular formula is C10H22N2O. The summed E-state index contributed by atoms with van der Waals surface area (Å²) in [6, 6.07) is 0.271. The first-order chi connectivity index (χ1) is 5.85. The van der Waals surface area contributed by atoms with Crippen LogP contribution in [0.4, 0.5) is 0 Å². The minimum atomic E-state index is -0.146. The maximum atomic E-state index is 5.58. The molecule has 0 aliphatic heterocycles. The van der Waals surface area contributed by atoms with Crippen LogP contribution < -0.4 is 5.32 Å². The van der Waals surface area contributed by atoms with Crippen LogP contribution in [0, 0.1) is 0 Å². The van der Waals surface area contributed by atoms with Crippen molar-refractivity contribution in [2.45, 2.75) is 46.3 Å². The molecule has 0 saturated carbocycles. The summed E-state index contributed by atoms with van der Waals surface area (Å²) in [5, 5.41) is 3.07. The number of aliphatic imine (C=N–C) groups is 1.